The third-order valence-corrected chi connectivity index (χ3v) is 8.15. The number of rotatable bonds is 10. The first-order valence-electron chi connectivity index (χ1n) is 10.3. The maximum Gasteiger partial charge on any atom is 0.243 e. The molecule has 1 atom stereocenters. The van der Waals surface area contributed by atoms with Gasteiger partial charge in [0.1, 0.15) is 0 Å². The van der Waals surface area contributed by atoms with Crippen LogP contribution in [0.4, 0.5) is 5.69 Å². The van der Waals surface area contributed by atoms with Gasteiger partial charge in [0.15, 0.2) is 0 Å². The molecule has 0 fully saturated rings. The van der Waals surface area contributed by atoms with Crippen LogP contribution in [0, 0.1) is 6.92 Å². The van der Waals surface area contributed by atoms with E-state index >= 15 is 0 Å². The molecule has 174 valence electrons. The van der Waals surface area contributed by atoms with Crippen LogP contribution >= 0.6 is 11.8 Å². The molecule has 32 heavy (non-hydrogen) atoms. The molecule has 0 heterocycles. The fourth-order valence-electron chi connectivity index (χ4n) is 2.67. The number of aryl methyl sites for hydroxylation is 1. The molecular weight excluding hydrogens is 446 g/mol. The Morgan fingerprint density at radius 1 is 1.00 bits per heavy atom. The summed E-state index contributed by atoms with van der Waals surface area (Å²) in [5.74, 6) is -0.186. The van der Waals surface area contributed by atoms with Gasteiger partial charge in [0, 0.05) is 25.3 Å². The maximum atomic E-state index is 12.5. The molecule has 0 aliphatic rings. The Balaban J connectivity index is 1.81. The molecule has 0 radical (unpaired) electrons. The van der Waals surface area contributed by atoms with Crippen molar-refractivity contribution in [1.29, 1.82) is 0 Å². The topological polar surface area (TPSA) is 95.6 Å². The molecule has 2 N–H and O–H groups in total. The summed E-state index contributed by atoms with van der Waals surface area (Å²) in [6, 6.07) is 13.8. The van der Waals surface area contributed by atoms with Crippen molar-refractivity contribution in [3.63, 3.8) is 0 Å². The second kappa shape index (κ2) is 11.5. The zero-order chi connectivity index (χ0) is 23.9. The lowest BCUT2D eigenvalue weighted by Gasteiger charge is -2.21. The van der Waals surface area contributed by atoms with Crippen molar-refractivity contribution in [2.45, 2.75) is 50.4 Å². The Labute approximate surface area is 195 Å². The summed E-state index contributed by atoms with van der Waals surface area (Å²) in [7, 11) is -1.99. The monoisotopic (exact) mass is 477 g/mol. The third-order valence-electron chi connectivity index (χ3n) is 4.96. The molecule has 0 aliphatic heterocycles. The van der Waals surface area contributed by atoms with Crippen LogP contribution in [0.25, 0.3) is 0 Å². The van der Waals surface area contributed by atoms with Crippen molar-refractivity contribution < 1.29 is 18.0 Å². The van der Waals surface area contributed by atoms with Crippen LogP contribution in [0.5, 0.6) is 0 Å². The van der Waals surface area contributed by atoms with E-state index in [4.69, 9.17) is 0 Å². The molecule has 2 aromatic rings. The van der Waals surface area contributed by atoms with Crippen LogP contribution < -0.4 is 10.6 Å². The van der Waals surface area contributed by atoms with Gasteiger partial charge < -0.3 is 10.6 Å². The number of amides is 2. The summed E-state index contributed by atoms with van der Waals surface area (Å²) >= 11 is 1.25. The first-order valence-corrected chi connectivity index (χ1v) is 12.8. The SMILES string of the molecule is Cc1ccc(NC(=O)CSC(C)C(=O)NCc2ccc(S(=O)(=O)N(C)C(C)C)cc2)cc1. The number of hydrogen-bond donors (Lipinski definition) is 2. The third kappa shape index (κ3) is 7.36. The first-order chi connectivity index (χ1) is 15.0. The highest BCUT2D eigenvalue weighted by Gasteiger charge is 2.23. The summed E-state index contributed by atoms with van der Waals surface area (Å²) in [6.07, 6.45) is 0. The number of carbonyl (C=O) groups is 2. The Hall–Kier alpha value is -2.36. The lowest BCUT2D eigenvalue weighted by molar-refractivity contribution is -0.120. The molecule has 0 saturated carbocycles. The first kappa shape index (κ1) is 25.9. The van der Waals surface area contributed by atoms with E-state index < -0.39 is 15.3 Å². The standard InChI is InChI=1S/C23H31N3O4S2/c1-16(2)26(5)32(29,30)21-12-8-19(9-13-21)14-24-23(28)18(4)31-15-22(27)25-20-10-6-17(3)7-11-20/h6-13,16,18H,14-15H2,1-5H3,(H,24,28)(H,25,27). The molecule has 2 aromatic carbocycles. The average Bonchev–Trinajstić information content (AvgIpc) is 2.77. The number of nitrogens with one attached hydrogen (secondary N) is 2. The zero-order valence-electron chi connectivity index (χ0n) is 19.1. The minimum absolute atomic E-state index is 0.142. The van der Waals surface area contributed by atoms with Crippen molar-refractivity contribution in [2.75, 3.05) is 18.1 Å². The van der Waals surface area contributed by atoms with Crippen molar-refractivity contribution in [3.8, 4) is 0 Å². The van der Waals surface area contributed by atoms with Gasteiger partial charge in [-0.15, -0.1) is 11.8 Å². The normalized spacial score (nSPS) is 12.6. The van der Waals surface area contributed by atoms with E-state index in [1.165, 1.54) is 16.1 Å². The molecule has 0 saturated heterocycles. The van der Waals surface area contributed by atoms with Crippen molar-refractivity contribution in [3.05, 3.63) is 59.7 Å². The van der Waals surface area contributed by atoms with Gasteiger partial charge in [-0.3, -0.25) is 9.59 Å². The Kier molecular flexibility index (Phi) is 9.30. The number of benzene rings is 2. The summed E-state index contributed by atoms with van der Waals surface area (Å²) < 4.78 is 26.4. The smallest absolute Gasteiger partial charge is 0.243 e. The van der Waals surface area contributed by atoms with Crippen molar-refractivity contribution in [2.24, 2.45) is 0 Å². The fourth-order valence-corrected chi connectivity index (χ4v) is 4.74. The molecule has 0 bridgehead atoms. The highest BCUT2D eigenvalue weighted by molar-refractivity contribution is 8.01. The largest absolute Gasteiger partial charge is 0.351 e. The van der Waals surface area contributed by atoms with Crippen molar-refractivity contribution in [1.82, 2.24) is 9.62 Å². The predicted octanol–water partition coefficient (Wildman–Crippen LogP) is 3.40. The minimum atomic E-state index is -3.54. The summed E-state index contributed by atoms with van der Waals surface area (Å²) in [4.78, 5) is 24.7. The minimum Gasteiger partial charge on any atom is -0.351 e. The van der Waals surface area contributed by atoms with Gasteiger partial charge in [-0.25, -0.2) is 8.42 Å². The summed E-state index contributed by atoms with van der Waals surface area (Å²) in [5, 5.41) is 5.23. The van der Waals surface area contributed by atoms with Gasteiger partial charge in [0.05, 0.1) is 15.9 Å². The molecule has 2 rings (SSSR count). The number of sulfonamides is 1. The van der Waals surface area contributed by atoms with E-state index in [-0.39, 0.29) is 35.0 Å². The molecule has 2 amide bonds. The van der Waals surface area contributed by atoms with E-state index in [1.807, 2.05) is 45.0 Å². The molecule has 7 nitrogen and oxygen atoms in total. The van der Waals surface area contributed by atoms with Gasteiger partial charge in [-0.2, -0.15) is 4.31 Å². The number of carbonyl (C=O) groups excluding carboxylic acids is 2. The molecular formula is C23H31N3O4S2. The van der Waals surface area contributed by atoms with Crippen LogP contribution in [0.15, 0.2) is 53.4 Å². The summed E-state index contributed by atoms with van der Waals surface area (Å²) in [6.45, 7) is 7.62. The molecule has 0 spiro atoms. The average molecular weight is 478 g/mol. The van der Waals surface area contributed by atoms with Gasteiger partial charge in [0.25, 0.3) is 0 Å². The number of anilines is 1. The van der Waals surface area contributed by atoms with E-state index in [2.05, 4.69) is 10.6 Å². The second-order valence-corrected chi connectivity index (χ2v) is 11.2. The zero-order valence-corrected chi connectivity index (χ0v) is 20.7. The lowest BCUT2D eigenvalue weighted by atomic mass is 10.2. The van der Waals surface area contributed by atoms with Gasteiger partial charge in [-0.1, -0.05) is 29.8 Å². The molecule has 9 heteroatoms. The van der Waals surface area contributed by atoms with Crippen LogP contribution in [0.1, 0.15) is 31.9 Å². The van der Waals surface area contributed by atoms with E-state index in [1.54, 1.807) is 38.2 Å². The van der Waals surface area contributed by atoms with Crippen LogP contribution in [0.3, 0.4) is 0 Å². The second-order valence-electron chi connectivity index (χ2n) is 7.84. The highest BCUT2D eigenvalue weighted by Crippen LogP contribution is 2.18. The maximum absolute atomic E-state index is 12.5. The summed E-state index contributed by atoms with van der Waals surface area (Å²) in [5.41, 5.74) is 2.63. The molecule has 1 unspecified atom stereocenters. The highest BCUT2D eigenvalue weighted by atomic mass is 32.2. The Bertz CT molecular complexity index is 1020. The van der Waals surface area contributed by atoms with E-state index in [9.17, 15) is 18.0 Å². The number of hydrogen-bond acceptors (Lipinski definition) is 5. The predicted molar refractivity (Wildman–Crippen MR) is 130 cm³/mol. The van der Waals surface area contributed by atoms with E-state index in [0.717, 1.165) is 16.8 Å². The van der Waals surface area contributed by atoms with Crippen LogP contribution in [-0.2, 0) is 26.2 Å². The molecule has 0 aliphatic carbocycles. The number of thioether (sulfide) groups is 1. The Morgan fingerprint density at radius 3 is 2.16 bits per heavy atom. The van der Waals surface area contributed by atoms with Gasteiger partial charge >= 0.3 is 0 Å². The molecule has 0 aromatic heterocycles. The fraction of sp³-hybridized carbons (Fsp3) is 0.391. The van der Waals surface area contributed by atoms with Crippen LogP contribution in [0.2, 0.25) is 0 Å². The van der Waals surface area contributed by atoms with Crippen molar-refractivity contribution >= 4 is 39.3 Å². The lowest BCUT2D eigenvalue weighted by Crippen LogP contribution is -2.33. The quantitative estimate of drug-likeness (QED) is 0.547. The Morgan fingerprint density at radius 2 is 1.59 bits per heavy atom. The van der Waals surface area contributed by atoms with Gasteiger partial charge in [-0.05, 0) is 57.5 Å². The van der Waals surface area contributed by atoms with E-state index in [0.29, 0.717) is 0 Å². The van der Waals surface area contributed by atoms with Crippen LogP contribution in [-0.4, -0.2) is 48.6 Å². The van der Waals surface area contributed by atoms with Gasteiger partial charge in [0.2, 0.25) is 21.8 Å². The number of nitrogens with zero attached hydrogens (tertiary/aromatic N) is 1.